The first kappa shape index (κ1) is 14.0. The molecule has 2 nitrogen and oxygen atoms in total. The average molecular weight is 266 g/mol. The molecule has 18 heavy (non-hydrogen) atoms. The van der Waals surface area contributed by atoms with Crippen molar-refractivity contribution in [3.05, 3.63) is 22.4 Å². The summed E-state index contributed by atoms with van der Waals surface area (Å²) >= 11 is 1.86. The number of rotatable bonds is 4. The number of hydrogen-bond donors (Lipinski definition) is 1. The Balaban J connectivity index is 1.83. The Bertz CT molecular complexity index is 334. The number of nitrogens with one attached hydrogen (secondary N) is 1. The second kappa shape index (κ2) is 6.69. The Kier molecular flexibility index (Phi) is 5.22. The lowest BCUT2D eigenvalue weighted by molar-refractivity contribution is 0.228. The lowest BCUT2D eigenvalue weighted by Crippen LogP contribution is -2.34. The highest BCUT2D eigenvalue weighted by Gasteiger charge is 2.20. The van der Waals surface area contributed by atoms with Crippen LogP contribution in [0.5, 0.6) is 0 Å². The minimum atomic E-state index is 0.501. The Morgan fingerprint density at radius 2 is 2.11 bits per heavy atom. The molecule has 102 valence electrons. The third-order valence-electron chi connectivity index (χ3n) is 3.95. The third-order valence-corrected chi connectivity index (χ3v) is 5.00. The van der Waals surface area contributed by atoms with Crippen LogP contribution in [0.4, 0.5) is 0 Å². The van der Waals surface area contributed by atoms with Gasteiger partial charge in [-0.05, 0) is 64.6 Å². The molecule has 0 amide bonds. The molecule has 0 bridgehead atoms. The maximum Gasteiger partial charge on any atom is 0.0388 e. The minimum Gasteiger partial charge on any atom is -0.307 e. The summed E-state index contributed by atoms with van der Waals surface area (Å²) in [4.78, 5) is 4.07. The first-order chi connectivity index (χ1) is 8.66. The fourth-order valence-corrected chi connectivity index (χ4v) is 3.52. The molecule has 1 aromatic rings. The van der Waals surface area contributed by atoms with Crippen molar-refractivity contribution in [1.29, 1.82) is 0 Å². The molecule has 0 saturated carbocycles. The topological polar surface area (TPSA) is 15.3 Å². The van der Waals surface area contributed by atoms with Crippen LogP contribution in [-0.4, -0.2) is 30.1 Å². The predicted molar refractivity (Wildman–Crippen MR) is 80.2 cm³/mol. The summed E-state index contributed by atoms with van der Waals surface area (Å²) in [6, 6.07) is 6.26. The summed E-state index contributed by atoms with van der Waals surface area (Å²) in [5.41, 5.74) is 0. The SMILES string of the molecule is CC(NC1CCCN(C(C)C)CC1)c1cccs1. The molecule has 1 aliphatic rings. The van der Waals surface area contributed by atoms with Gasteiger partial charge in [0.15, 0.2) is 0 Å². The van der Waals surface area contributed by atoms with Gasteiger partial charge in [0.1, 0.15) is 0 Å². The van der Waals surface area contributed by atoms with Crippen molar-refractivity contribution in [2.24, 2.45) is 0 Å². The summed E-state index contributed by atoms with van der Waals surface area (Å²) in [7, 11) is 0. The molecule has 0 spiro atoms. The highest BCUT2D eigenvalue weighted by molar-refractivity contribution is 7.10. The molecular weight excluding hydrogens is 240 g/mol. The minimum absolute atomic E-state index is 0.501. The number of thiophene rings is 1. The summed E-state index contributed by atoms with van der Waals surface area (Å²) in [6.45, 7) is 9.41. The van der Waals surface area contributed by atoms with E-state index in [-0.39, 0.29) is 0 Å². The standard InChI is InChI=1S/C15H26N2S/c1-12(2)17-9-4-6-14(8-10-17)16-13(3)15-7-5-11-18-15/h5,7,11-14,16H,4,6,8-10H2,1-3H3. The van der Waals surface area contributed by atoms with Crippen molar-refractivity contribution < 1.29 is 0 Å². The van der Waals surface area contributed by atoms with E-state index >= 15 is 0 Å². The highest BCUT2D eigenvalue weighted by Crippen LogP contribution is 2.21. The average Bonchev–Trinajstić information content (AvgIpc) is 2.77. The first-order valence-electron chi connectivity index (χ1n) is 7.20. The van der Waals surface area contributed by atoms with E-state index in [1.807, 2.05) is 11.3 Å². The maximum absolute atomic E-state index is 3.80. The molecule has 2 heterocycles. The monoisotopic (exact) mass is 266 g/mol. The highest BCUT2D eigenvalue weighted by atomic mass is 32.1. The summed E-state index contributed by atoms with van der Waals surface area (Å²) < 4.78 is 0. The molecule has 0 aromatic carbocycles. The fraction of sp³-hybridized carbons (Fsp3) is 0.733. The first-order valence-corrected chi connectivity index (χ1v) is 8.08. The van der Waals surface area contributed by atoms with Gasteiger partial charge in [-0.15, -0.1) is 11.3 Å². The van der Waals surface area contributed by atoms with Gasteiger partial charge < -0.3 is 10.2 Å². The zero-order valence-electron chi connectivity index (χ0n) is 11.9. The van der Waals surface area contributed by atoms with Crippen molar-refractivity contribution in [2.75, 3.05) is 13.1 Å². The van der Waals surface area contributed by atoms with Gasteiger partial charge in [0, 0.05) is 23.0 Å². The van der Waals surface area contributed by atoms with Crippen LogP contribution in [0.3, 0.4) is 0 Å². The number of likely N-dealkylation sites (tertiary alicyclic amines) is 1. The normalized spacial score (nSPS) is 24.1. The van der Waals surface area contributed by atoms with Crippen LogP contribution < -0.4 is 5.32 Å². The van der Waals surface area contributed by atoms with Crippen LogP contribution in [-0.2, 0) is 0 Å². The lowest BCUT2D eigenvalue weighted by Gasteiger charge is -2.25. The van der Waals surface area contributed by atoms with Crippen LogP contribution in [0.15, 0.2) is 17.5 Å². The van der Waals surface area contributed by atoms with Gasteiger partial charge in [-0.1, -0.05) is 6.07 Å². The van der Waals surface area contributed by atoms with E-state index in [0.29, 0.717) is 18.1 Å². The second-order valence-corrected chi connectivity index (χ2v) is 6.64. The van der Waals surface area contributed by atoms with E-state index in [9.17, 15) is 0 Å². The van der Waals surface area contributed by atoms with Crippen molar-refractivity contribution >= 4 is 11.3 Å². The molecule has 2 rings (SSSR count). The van der Waals surface area contributed by atoms with Gasteiger partial charge in [-0.2, -0.15) is 0 Å². The third kappa shape index (κ3) is 3.81. The number of hydrogen-bond acceptors (Lipinski definition) is 3. The van der Waals surface area contributed by atoms with Crippen LogP contribution in [0, 0.1) is 0 Å². The van der Waals surface area contributed by atoms with Gasteiger partial charge in [-0.25, -0.2) is 0 Å². The van der Waals surface area contributed by atoms with E-state index in [1.165, 1.54) is 37.2 Å². The molecule has 0 aliphatic carbocycles. The Labute approximate surface area is 115 Å². The molecule has 0 radical (unpaired) electrons. The molecule has 1 aliphatic heterocycles. The van der Waals surface area contributed by atoms with Gasteiger partial charge in [-0.3, -0.25) is 0 Å². The summed E-state index contributed by atoms with van der Waals surface area (Å²) in [5.74, 6) is 0. The molecule has 1 N–H and O–H groups in total. The van der Waals surface area contributed by atoms with Crippen LogP contribution in [0.1, 0.15) is 51.0 Å². The van der Waals surface area contributed by atoms with Crippen molar-refractivity contribution in [3.63, 3.8) is 0 Å². The van der Waals surface area contributed by atoms with E-state index in [0.717, 1.165) is 0 Å². The zero-order chi connectivity index (χ0) is 13.0. The molecule has 3 heteroatoms. The summed E-state index contributed by atoms with van der Waals surface area (Å²) in [5, 5.41) is 5.97. The molecule has 2 atom stereocenters. The zero-order valence-corrected chi connectivity index (χ0v) is 12.7. The van der Waals surface area contributed by atoms with E-state index in [4.69, 9.17) is 0 Å². The Morgan fingerprint density at radius 1 is 1.28 bits per heavy atom. The lowest BCUT2D eigenvalue weighted by atomic mass is 10.1. The van der Waals surface area contributed by atoms with E-state index < -0.39 is 0 Å². The van der Waals surface area contributed by atoms with E-state index in [1.54, 1.807) is 0 Å². The van der Waals surface area contributed by atoms with Gasteiger partial charge in [0.25, 0.3) is 0 Å². The van der Waals surface area contributed by atoms with E-state index in [2.05, 4.69) is 48.5 Å². The quantitative estimate of drug-likeness (QED) is 0.894. The van der Waals surface area contributed by atoms with Gasteiger partial charge in [0.05, 0.1) is 0 Å². The van der Waals surface area contributed by atoms with Crippen LogP contribution in [0.2, 0.25) is 0 Å². The van der Waals surface area contributed by atoms with Gasteiger partial charge in [0.2, 0.25) is 0 Å². The van der Waals surface area contributed by atoms with Crippen molar-refractivity contribution in [3.8, 4) is 0 Å². The van der Waals surface area contributed by atoms with Crippen molar-refractivity contribution in [2.45, 2.75) is 58.2 Å². The molecule has 1 saturated heterocycles. The smallest absolute Gasteiger partial charge is 0.0388 e. The fourth-order valence-electron chi connectivity index (χ4n) is 2.77. The molecule has 2 unspecified atom stereocenters. The molecular formula is C15H26N2S. The predicted octanol–water partition coefficient (Wildman–Crippen LogP) is 3.66. The number of nitrogens with zero attached hydrogens (tertiary/aromatic N) is 1. The largest absolute Gasteiger partial charge is 0.307 e. The van der Waals surface area contributed by atoms with Crippen LogP contribution >= 0.6 is 11.3 Å². The Hall–Kier alpha value is -0.380. The molecule has 1 aromatic heterocycles. The summed E-state index contributed by atoms with van der Waals surface area (Å²) in [6.07, 6.45) is 3.93. The Morgan fingerprint density at radius 3 is 2.78 bits per heavy atom. The maximum atomic E-state index is 3.80. The molecule has 1 fully saturated rings. The second-order valence-electron chi connectivity index (χ2n) is 5.66. The van der Waals surface area contributed by atoms with Crippen molar-refractivity contribution in [1.82, 2.24) is 10.2 Å². The van der Waals surface area contributed by atoms with Gasteiger partial charge >= 0.3 is 0 Å². The van der Waals surface area contributed by atoms with Crippen LogP contribution in [0.25, 0.3) is 0 Å².